The van der Waals surface area contributed by atoms with Gasteiger partial charge in [-0.25, -0.2) is 0 Å². The van der Waals surface area contributed by atoms with E-state index in [0.717, 1.165) is 33.9 Å². The molecule has 0 unspecified atom stereocenters. The maximum atomic E-state index is 12.7. The van der Waals surface area contributed by atoms with Gasteiger partial charge < -0.3 is 26.0 Å². The molecule has 0 aliphatic heterocycles. The van der Waals surface area contributed by atoms with E-state index >= 15 is 0 Å². The lowest BCUT2D eigenvalue weighted by molar-refractivity contribution is -0.120. The molecule has 0 heterocycles. The van der Waals surface area contributed by atoms with Gasteiger partial charge in [-0.15, -0.1) is 0 Å². The molecule has 0 bridgehead atoms. The number of fused-ring (bicyclic) bond motifs is 1. The summed E-state index contributed by atoms with van der Waals surface area (Å²) < 4.78 is 0. The first-order chi connectivity index (χ1) is 17.9. The Hall–Kier alpha value is -3.71. The number of rotatable bonds is 11. The number of hydrogen-bond donors (Lipinski definition) is 5. The molecule has 0 aliphatic carbocycles. The van der Waals surface area contributed by atoms with Crippen molar-refractivity contribution in [3.05, 3.63) is 113 Å². The lowest BCUT2D eigenvalue weighted by atomic mass is 10.0. The number of carbonyl (C=O) groups is 1. The van der Waals surface area contributed by atoms with Gasteiger partial charge in [0.25, 0.3) is 0 Å². The summed E-state index contributed by atoms with van der Waals surface area (Å²) in [6.07, 6.45) is 0.299. The summed E-state index contributed by atoms with van der Waals surface area (Å²) in [4.78, 5) is 12.7. The summed E-state index contributed by atoms with van der Waals surface area (Å²) in [6.45, 7) is 2.59. The van der Waals surface area contributed by atoms with Crippen LogP contribution in [0.2, 0.25) is 0 Å². The van der Waals surface area contributed by atoms with Gasteiger partial charge in [-0.1, -0.05) is 72.8 Å². The average Bonchev–Trinajstić information content (AvgIpc) is 2.91. The van der Waals surface area contributed by atoms with Gasteiger partial charge >= 0.3 is 0 Å². The molecule has 5 N–H and O–H groups in total. The SMILES string of the molecule is C[C@H](Cc1cccc(CC(=O)NCc2cccc3ccccc23)c1)NC[C@@H](O)c1ccc(O)c(CO)c1. The summed E-state index contributed by atoms with van der Waals surface area (Å²) in [6, 6.07) is 27.2. The van der Waals surface area contributed by atoms with E-state index in [-0.39, 0.29) is 24.3 Å². The van der Waals surface area contributed by atoms with Crippen molar-refractivity contribution in [3.8, 4) is 5.75 Å². The quantitative estimate of drug-likeness (QED) is 0.214. The van der Waals surface area contributed by atoms with Crippen molar-refractivity contribution in [2.45, 2.75) is 45.1 Å². The fourth-order valence-corrected chi connectivity index (χ4v) is 4.55. The smallest absolute Gasteiger partial charge is 0.224 e. The molecule has 0 saturated heterocycles. The third-order valence-electron chi connectivity index (χ3n) is 6.57. The van der Waals surface area contributed by atoms with Crippen LogP contribution >= 0.6 is 0 Å². The van der Waals surface area contributed by atoms with Crippen LogP contribution in [0.1, 0.15) is 40.8 Å². The second-order valence-electron chi connectivity index (χ2n) is 9.49. The molecule has 1 amide bonds. The minimum atomic E-state index is -0.759. The Morgan fingerprint density at radius 3 is 2.49 bits per heavy atom. The molecular weight excluding hydrogens is 464 g/mol. The Morgan fingerprint density at radius 2 is 1.65 bits per heavy atom. The highest BCUT2D eigenvalue weighted by atomic mass is 16.3. The molecule has 0 aliphatic rings. The van der Waals surface area contributed by atoms with Gasteiger partial charge in [-0.05, 0) is 58.5 Å². The van der Waals surface area contributed by atoms with Crippen molar-refractivity contribution in [1.29, 1.82) is 0 Å². The predicted molar refractivity (Wildman–Crippen MR) is 146 cm³/mol. The number of amides is 1. The van der Waals surface area contributed by atoms with Gasteiger partial charge in [0.05, 0.1) is 19.1 Å². The highest BCUT2D eigenvalue weighted by Crippen LogP contribution is 2.22. The summed E-state index contributed by atoms with van der Waals surface area (Å²) in [5.74, 6) is -0.00238. The number of aliphatic hydroxyl groups excluding tert-OH is 2. The van der Waals surface area contributed by atoms with Crippen LogP contribution in [0.4, 0.5) is 0 Å². The molecule has 6 nitrogen and oxygen atoms in total. The zero-order chi connectivity index (χ0) is 26.2. The van der Waals surface area contributed by atoms with Gasteiger partial charge in [-0.3, -0.25) is 4.79 Å². The van der Waals surface area contributed by atoms with E-state index in [0.29, 0.717) is 30.6 Å². The first-order valence-corrected chi connectivity index (χ1v) is 12.6. The number of phenols is 1. The minimum Gasteiger partial charge on any atom is -0.508 e. The average molecular weight is 499 g/mol. The molecule has 4 rings (SSSR count). The molecule has 192 valence electrons. The first kappa shape index (κ1) is 26.4. The summed E-state index contributed by atoms with van der Waals surface area (Å²) >= 11 is 0. The van der Waals surface area contributed by atoms with Crippen molar-refractivity contribution < 1.29 is 20.1 Å². The second-order valence-corrected chi connectivity index (χ2v) is 9.49. The van der Waals surface area contributed by atoms with E-state index in [9.17, 15) is 20.1 Å². The molecule has 0 spiro atoms. The highest BCUT2D eigenvalue weighted by molar-refractivity contribution is 5.86. The zero-order valence-electron chi connectivity index (χ0n) is 21.0. The van der Waals surface area contributed by atoms with Crippen LogP contribution in [0.5, 0.6) is 5.75 Å². The lowest BCUT2D eigenvalue weighted by Gasteiger charge is -2.18. The highest BCUT2D eigenvalue weighted by Gasteiger charge is 2.13. The standard InChI is InChI=1S/C31H34N2O4/c1-21(32-19-30(36)25-12-13-29(35)27(17-25)20-34)14-22-6-4-7-23(15-22)16-31(37)33-18-26-10-5-9-24-8-2-3-11-28(24)26/h2-13,15,17,21,30,32,34-36H,14,16,18-20H2,1H3,(H,33,37)/t21-,30-/m1/s1. The Kier molecular flexibility index (Phi) is 8.90. The van der Waals surface area contributed by atoms with E-state index in [1.807, 2.05) is 49.4 Å². The van der Waals surface area contributed by atoms with Crippen molar-refractivity contribution in [1.82, 2.24) is 10.6 Å². The Balaban J connectivity index is 1.27. The van der Waals surface area contributed by atoms with Crippen LogP contribution in [0.25, 0.3) is 10.8 Å². The molecule has 4 aromatic rings. The van der Waals surface area contributed by atoms with Gasteiger partial charge in [0.2, 0.25) is 5.91 Å². The van der Waals surface area contributed by atoms with Crippen LogP contribution in [0.3, 0.4) is 0 Å². The number of carbonyl (C=O) groups excluding carboxylic acids is 1. The zero-order valence-corrected chi connectivity index (χ0v) is 21.0. The fourth-order valence-electron chi connectivity index (χ4n) is 4.55. The maximum Gasteiger partial charge on any atom is 0.224 e. The van der Waals surface area contributed by atoms with Crippen LogP contribution in [0.15, 0.2) is 84.9 Å². The fraction of sp³-hybridized carbons (Fsp3) is 0.258. The Morgan fingerprint density at radius 1 is 0.892 bits per heavy atom. The predicted octanol–water partition coefficient (Wildman–Crippen LogP) is 4.15. The van der Waals surface area contributed by atoms with Crippen LogP contribution in [-0.2, 0) is 30.8 Å². The topological polar surface area (TPSA) is 102 Å². The molecule has 2 atom stereocenters. The van der Waals surface area contributed by atoms with E-state index in [1.54, 1.807) is 12.1 Å². The van der Waals surface area contributed by atoms with Gasteiger partial charge in [-0.2, -0.15) is 0 Å². The van der Waals surface area contributed by atoms with E-state index in [1.165, 1.54) is 6.07 Å². The minimum absolute atomic E-state index is 0.0156. The third kappa shape index (κ3) is 7.17. The van der Waals surface area contributed by atoms with Crippen LogP contribution in [0, 0.1) is 0 Å². The lowest BCUT2D eigenvalue weighted by Crippen LogP contribution is -2.32. The Bertz CT molecular complexity index is 1350. The maximum absolute atomic E-state index is 12.7. The molecule has 0 radical (unpaired) electrons. The van der Waals surface area contributed by atoms with E-state index in [4.69, 9.17) is 0 Å². The molecule has 4 aromatic carbocycles. The normalized spacial score (nSPS) is 12.8. The molecule has 0 fully saturated rings. The van der Waals surface area contributed by atoms with Crippen molar-refractivity contribution >= 4 is 16.7 Å². The van der Waals surface area contributed by atoms with Gasteiger partial charge in [0.15, 0.2) is 0 Å². The largest absolute Gasteiger partial charge is 0.508 e. The number of aliphatic hydroxyl groups is 2. The molecule has 6 heteroatoms. The number of aromatic hydroxyl groups is 1. The second kappa shape index (κ2) is 12.5. The van der Waals surface area contributed by atoms with Crippen molar-refractivity contribution in [2.75, 3.05) is 6.54 Å². The monoisotopic (exact) mass is 498 g/mol. The molecule has 0 saturated carbocycles. The Labute approximate surface area is 217 Å². The summed E-state index contributed by atoms with van der Waals surface area (Å²) in [5, 5.41) is 38.2. The van der Waals surface area contributed by atoms with Crippen LogP contribution < -0.4 is 10.6 Å². The summed E-state index contributed by atoms with van der Waals surface area (Å²) in [5.41, 5.74) is 4.20. The first-order valence-electron chi connectivity index (χ1n) is 12.6. The molecule has 0 aromatic heterocycles. The number of nitrogens with one attached hydrogen (secondary N) is 2. The number of hydrogen-bond acceptors (Lipinski definition) is 5. The van der Waals surface area contributed by atoms with E-state index < -0.39 is 6.10 Å². The molecular formula is C31H34N2O4. The summed E-state index contributed by atoms with van der Waals surface area (Å²) in [7, 11) is 0. The van der Waals surface area contributed by atoms with Gasteiger partial charge in [0, 0.05) is 24.7 Å². The van der Waals surface area contributed by atoms with Crippen molar-refractivity contribution in [3.63, 3.8) is 0 Å². The van der Waals surface area contributed by atoms with E-state index in [2.05, 4.69) is 34.9 Å². The van der Waals surface area contributed by atoms with Crippen LogP contribution in [-0.4, -0.2) is 33.8 Å². The van der Waals surface area contributed by atoms with Crippen molar-refractivity contribution in [2.24, 2.45) is 0 Å². The third-order valence-corrected chi connectivity index (χ3v) is 6.57. The molecule has 37 heavy (non-hydrogen) atoms. The number of benzene rings is 4. The van der Waals surface area contributed by atoms with Gasteiger partial charge in [0.1, 0.15) is 5.75 Å².